The molecule has 0 radical (unpaired) electrons. The third-order valence-corrected chi connectivity index (χ3v) is 5.90. The van der Waals surface area contributed by atoms with E-state index < -0.39 is 0 Å². The van der Waals surface area contributed by atoms with E-state index in [4.69, 9.17) is 4.98 Å². The van der Waals surface area contributed by atoms with E-state index in [0.29, 0.717) is 19.4 Å². The molecule has 0 spiro atoms. The molecule has 0 saturated carbocycles. The Hall–Kier alpha value is -2.61. The Balaban J connectivity index is 1.36. The minimum Gasteiger partial charge on any atom is -0.355 e. The number of nitrogens with zero attached hydrogens (tertiary/aromatic N) is 5. The summed E-state index contributed by atoms with van der Waals surface area (Å²) in [5, 5.41) is 8.09. The zero-order valence-corrected chi connectivity index (χ0v) is 15.4. The van der Waals surface area contributed by atoms with E-state index in [0.717, 1.165) is 34.9 Å². The molecule has 0 bridgehead atoms. The number of carbonyl (C=O) groups is 1. The molecule has 1 aliphatic rings. The second kappa shape index (κ2) is 7.33. The quantitative estimate of drug-likeness (QED) is 0.742. The van der Waals surface area contributed by atoms with Crippen LogP contribution in [0.1, 0.15) is 22.8 Å². The molecule has 0 fully saturated rings. The van der Waals surface area contributed by atoms with Crippen LogP contribution < -0.4 is 5.32 Å². The van der Waals surface area contributed by atoms with Crippen LogP contribution in [-0.2, 0) is 31.1 Å². The average Bonchev–Trinajstić information content (AvgIpc) is 3.28. The topological polar surface area (TPSA) is 85.6 Å². The Kier molecular flexibility index (Phi) is 4.75. The van der Waals surface area contributed by atoms with Crippen LogP contribution in [0, 0.1) is 5.92 Å². The highest BCUT2D eigenvalue weighted by atomic mass is 32.1. The zero-order chi connectivity index (χ0) is 17.9. The molecule has 4 rings (SSSR count). The molecular formula is C18H20N6OS. The van der Waals surface area contributed by atoms with E-state index >= 15 is 0 Å². The summed E-state index contributed by atoms with van der Waals surface area (Å²) in [7, 11) is 1.86. The molecule has 3 heterocycles. The molecule has 1 unspecified atom stereocenters. The van der Waals surface area contributed by atoms with Gasteiger partial charge in [-0.1, -0.05) is 0 Å². The highest BCUT2D eigenvalue weighted by Crippen LogP contribution is 2.34. The van der Waals surface area contributed by atoms with Gasteiger partial charge in [0.15, 0.2) is 0 Å². The lowest BCUT2D eigenvalue weighted by atomic mass is 9.90. The maximum Gasteiger partial charge on any atom is 0.223 e. The lowest BCUT2D eigenvalue weighted by molar-refractivity contribution is -0.125. The van der Waals surface area contributed by atoms with Crippen molar-refractivity contribution >= 4 is 17.2 Å². The van der Waals surface area contributed by atoms with E-state index in [1.165, 1.54) is 11.2 Å². The Morgan fingerprint density at radius 3 is 3.00 bits per heavy atom. The summed E-state index contributed by atoms with van der Waals surface area (Å²) >= 11 is 1.73. The molecule has 134 valence electrons. The molecular weight excluding hydrogens is 348 g/mol. The summed E-state index contributed by atoms with van der Waals surface area (Å²) < 4.78 is 1.73. The number of aromatic nitrogens is 5. The van der Waals surface area contributed by atoms with Crippen LogP contribution in [0.3, 0.4) is 0 Å². The zero-order valence-electron chi connectivity index (χ0n) is 14.6. The van der Waals surface area contributed by atoms with E-state index in [-0.39, 0.29) is 11.8 Å². The Labute approximate surface area is 155 Å². The SMILES string of the molecule is Cn1ncnc1CCNC(=O)C1CCc2sc(-c3ccncc3)nc2C1. The second-order valence-corrected chi connectivity index (χ2v) is 7.49. The first kappa shape index (κ1) is 16.8. The van der Waals surface area contributed by atoms with Gasteiger partial charge in [0.05, 0.1) is 5.69 Å². The summed E-state index contributed by atoms with van der Waals surface area (Å²) in [4.78, 5) is 26.8. The van der Waals surface area contributed by atoms with Gasteiger partial charge >= 0.3 is 0 Å². The van der Waals surface area contributed by atoms with Crippen molar-refractivity contribution in [3.8, 4) is 10.6 Å². The maximum absolute atomic E-state index is 12.5. The molecule has 0 aromatic carbocycles. The van der Waals surface area contributed by atoms with E-state index in [1.54, 1.807) is 28.4 Å². The molecule has 1 N–H and O–H groups in total. The van der Waals surface area contributed by atoms with Crippen molar-refractivity contribution in [2.75, 3.05) is 6.54 Å². The van der Waals surface area contributed by atoms with Gasteiger partial charge in [0.25, 0.3) is 0 Å². The standard InChI is InChI=1S/C18H20N6OS/c1-24-16(21-11-22-24)6-9-20-17(25)13-2-3-15-14(10-13)23-18(26-15)12-4-7-19-8-5-12/h4-5,7-8,11,13H,2-3,6,9-10H2,1H3,(H,20,25). The van der Waals surface area contributed by atoms with Gasteiger partial charge in [-0.2, -0.15) is 5.10 Å². The third kappa shape index (κ3) is 3.50. The van der Waals surface area contributed by atoms with Gasteiger partial charge in [-0.25, -0.2) is 9.97 Å². The number of amides is 1. The van der Waals surface area contributed by atoms with Crippen LogP contribution in [-0.4, -0.2) is 37.2 Å². The fourth-order valence-electron chi connectivity index (χ4n) is 3.21. The summed E-state index contributed by atoms with van der Waals surface area (Å²) in [6, 6.07) is 3.95. The minimum absolute atomic E-state index is 0.00520. The summed E-state index contributed by atoms with van der Waals surface area (Å²) in [5.74, 6) is 0.975. The van der Waals surface area contributed by atoms with Crippen molar-refractivity contribution in [3.63, 3.8) is 0 Å². The molecule has 8 heteroatoms. The van der Waals surface area contributed by atoms with Gasteiger partial charge in [0, 0.05) is 55.2 Å². The smallest absolute Gasteiger partial charge is 0.223 e. The van der Waals surface area contributed by atoms with Gasteiger partial charge in [-0.3, -0.25) is 14.5 Å². The maximum atomic E-state index is 12.5. The van der Waals surface area contributed by atoms with Crippen LogP contribution in [0.25, 0.3) is 10.6 Å². The molecule has 3 aromatic heterocycles. The molecule has 0 saturated heterocycles. The monoisotopic (exact) mass is 368 g/mol. The molecule has 3 aromatic rings. The summed E-state index contributed by atoms with van der Waals surface area (Å²) in [6.45, 7) is 0.577. The Morgan fingerprint density at radius 1 is 1.38 bits per heavy atom. The highest BCUT2D eigenvalue weighted by molar-refractivity contribution is 7.15. The fourth-order valence-corrected chi connectivity index (χ4v) is 4.32. The Morgan fingerprint density at radius 2 is 2.23 bits per heavy atom. The number of nitrogens with one attached hydrogen (secondary N) is 1. The molecule has 1 aliphatic carbocycles. The summed E-state index contributed by atoms with van der Waals surface area (Å²) in [6.07, 6.45) is 8.28. The van der Waals surface area contributed by atoms with Crippen LogP contribution in [0.15, 0.2) is 30.9 Å². The average molecular weight is 368 g/mol. The van der Waals surface area contributed by atoms with Crippen LogP contribution in [0.4, 0.5) is 0 Å². The molecule has 26 heavy (non-hydrogen) atoms. The van der Waals surface area contributed by atoms with Crippen molar-refractivity contribution in [3.05, 3.63) is 47.2 Å². The van der Waals surface area contributed by atoms with Crippen LogP contribution >= 0.6 is 11.3 Å². The largest absolute Gasteiger partial charge is 0.355 e. The van der Waals surface area contributed by atoms with E-state index in [9.17, 15) is 4.79 Å². The lowest BCUT2D eigenvalue weighted by Gasteiger charge is -2.20. The van der Waals surface area contributed by atoms with Crippen molar-refractivity contribution < 1.29 is 4.79 Å². The predicted octanol–water partition coefficient (Wildman–Crippen LogP) is 1.80. The van der Waals surface area contributed by atoms with Gasteiger partial charge in [-0.15, -0.1) is 11.3 Å². The molecule has 0 aliphatic heterocycles. The summed E-state index contributed by atoms with van der Waals surface area (Å²) in [5.41, 5.74) is 2.16. The number of aryl methyl sites for hydroxylation is 2. The van der Waals surface area contributed by atoms with Gasteiger partial charge in [0.1, 0.15) is 17.2 Å². The Bertz CT molecular complexity index is 904. The van der Waals surface area contributed by atoms with Crippen molar-refractivity contribution in [2.45, 2.75) is 25.7 Å². The molecule has 1 atom stereocenters. The number of rotatable bonds is 5. The van der Waals surface area contributed by atoms with Gasteiger partial charge < -0.3 is 5.32 Å². The normalized spacial score (nSPS) is 16.3. The number of carbonyl (C=O) groups excluding carboxylic acids is 1. The van der Waals surface area contributed by atoms with E-state index in [1.807, 2.05) is 19.2 Å². The van der Waals surface area contributed by atoms with Gasteiger partial charge in [-0.05, 0) is 25.0 Å². The van der Waals surface area contributed by atoms with Gasteiger partial charge in [0.2, 0.25) is 5.91 Å². The predicted molar refractivity (Wildman–Crippen MR) is 98.6 cm³/mol. The number of hydrogen-bond acceptors (Lipinski definition) is 6. The second-order valence-electron chi connectivity index (χ2n) is 6.41. The van der Waals surface area contributed by atoms with Crippen LogP contribution in [0.2, 0.25) is 0 Å². The van der Waals surface area contributed by atoms with Crippen LogP contribution in [0.5, 0.6) is 0 Å². The van der Waals surface area contributed by atoms with Crippen molar-refractivity contribution in [1.29, 1.82) is 0 Å². The first-order valence-electron chi connectivity index (χ1n) is 8.70. The highest BCUT2D eigenvalue weighted by Gasteiger charge is 2.27. The molecule has 7 nitrogen and oxygen atoms in total. The van der Waals surface area contributed by atoms with Crippen molar-refractivity contribution in [1.82, 2.24) is 30.0 Å². The lowest BCUT2D eigenvalue weighted by Crippen LogP contribution is -2.35. The first-order chi connectivity index (χ1) is 12.7. The number of thiazole rings is 1. The van der Waals surface area contributed by atoms with Crippen molar-refractivity contribution in [2.24, 2.45) is 13.0 Å². The number of hydrogen-bond donors (Lipinski definition) is 1. The fraction of sp³-hybridized carbons (Fsp3) is 0.389. The minimum atomic E-state index is -0.00520. The molecule has 1 amide bonds. The third-order valence-electron chi connectivity index (χ3n) is 4.69. The first-order valence-corrected chi connectivity index (χ1v) is 9.52. The van der Waals surface area contributed by atoms with E-state index in [2.05, 4.69) is 20.4 Å². The number of pyridine rings is 1. The number of fused-ring (bicyclic) bond motifs is 1.